The summed E-state index contributed by atoms with van der Waals surface area (Å²) in [6, 6.07) is 0. The Morgan fingerprint density at radius 3 is 1.69 bits per heavy atom. The normalized spacial score (nSPS) is 20.5. The number of halogens is 4. The number of ketones is 1. The zero-order valence-corrected chi connectivity index (χ0v) is 9.27. The Morgan fingerprint density at radius 1 is 0.923 bits per heavy atom. The lowest BCUT2D eigenvalue weighted by Gasteiger charge is -2.10. The van der Waals surface area contributed by atoms with Crippen molar-refractivity contribution in [2.24, 2.45) is 0 Å². The van der Waals surface area contributed by atoms with Crippen LogP contribution in [0, 0.1) is 0 Å². The molecule has 72 valence electrons. The van der Waals surface area contributed by atoms with Crippen molar-refractivity contribution in [2.75, 3.05) is 13.2 Å². The Kier molecular flexibility index (Phi) is 4.07. The van der Waals surface area contributed by atoms with Crippen molar-refractivity contribution < 1.29 is 9.53 Å². The standard InChI is InChI=1S/C7H4Cl4O2/c8-3-1-13-2-4(9)6(11)7(12)5(3)10/h1-2H2. The lowest BCUT2D eigenvalue weighted by molar-refractivity contribution is -0.111. The molecule has 6 heteroatoms. The second kappa shape index (κ2) is 4.67. The van der Waals surface area contributed by atoms with E-state index >= 15 is 0 Å². The molecule has 0 saturated heterocycles. The van der Waals surface area contributed by atoms with Gasteiger partial charge in [-0.25, -0.2) is 0 Å². The van der Waals surface area contributed by atoms with Crippen molar-refractivity contribution in [3.63, 3.8) is 0 Å². The van der Waals surface area contributed by atoms with E-state index in [2.05, 4.69) is 0 Å². The molecule has 2 nitrogen and oxygen atoms in total. The number of rotatable bonds is 0. The molecule has 0 unspecified atom stereocenters. The van der Waals surface area contributed by atoms with E-state index in [9.17, 15) is 4.79 Å². The van der Waals surface area contributed by atoms with Crippen molar-refractivity contribution in [1.82, 2.24) is 0 Å². The molecule has 1 rings (SSSR count). The molecule has 0 aromatic carbocycles. The van der Waals surface area contributed by atoms with Crippen LogP contribution in [-0.2, 0) is 9.53 Å². The van der Waals surface area contributed by atoms with Crippen molar-refractivity contribution >= 4 is 52.2 Å². The molecule has 1 aliphatic heterocycles. The molecular formula is C7H4Cl4O2. The molecule has 0 N–H and O–H groups in total. The lowest BCUT2D eigenvalue weighted by Crippen LogP contribution is -2.10. The molecule has 0 fully saturated rings. The van der Waals surface area contributed by atoms with E-state index in [0.29, 0.717) is 0 Å². The Balaban J connectivity index is 3.09. The topological polar surface area (TPSA) is 26.3 Å². The fraction of sp³-hybridized carbons (Fsp3) is 0.286. The number of hydrogen-bond donors (Lipinski definition) is 0. The lowest BCUT2D eigenvalue weighted by atomic mass is 10.3. The number of allylic oxidation sites excluding steroid dienone is 2. The smallest absolute Gasteiger partial charge is 0.218 e. The maximum Gasteiger partial charge on any atom is 0.218 e. The van der Waals surface area contributed by atoms with Crippen molar-refractivity contribution in [1.29, 1.82) is 0 Å². The van der Waals surface area contributed by atoms with Crippen LogP contribution in [0.15, 0.2) is 20.1 Å². The average molecular weight is 262 g/mol. The first kappa shape index (κ1) is 11.3. The van der Waals surface area contributed by atoms with E-state index in [0.717, 1.165) is 0 Å². The summed E-state index contributed by atoms with van der Waals surface area (Å²) in [5.41, 5.74) is 0. The zero-order valence-electron chi connectivity index (χ0n) is 6.24. The quantitative estimate of drug-likeness (QED) is 0.670. The van der Waals surface area contributed by atoms with Gasteiger partial charge in [0.2, 0.25) is 5.78 Å². The fourth-order valence-corrected chi connectivity index (χ4v) is 1.37. The predicted octanol–water partition coefficient (Wildman–Crippen LogP) is 2.96. The SMILES string of the molecule is O=C1C(Cl)=C(Cl)COCC(Cl)=C1Cl. The molecule has 0 aromatic rings. The van der Waals surface area contributed by atoms with E-state index in [1.165, 1.54) is 0 Å². The highest BCUT2D eigenvalue weighted by Crippen LogP contribution is 2.26. The molecule has 0 radical (unpaired) electrons. The van der Waals surface area contributed by atoms with E-state index in [1.54, 1.807) is 0 Å². The minimum Gasteiger partial charge on any atom is -0.370 e. The van der Waals surface area contributed by atoms with Gasteiger partial charge in [-0.3, -0.25) is 4.79 Å². The first-order valence-corrected chi connectivity index (χ1v) is 4.76. The second-order valence-corrected chi connectivity index (χ2v) is 3.93. The van der Waals surface area contributed by atoms with Crippen LogP contribution in [0.5, 0.6) is 0 Å². The van der Waals surface area contributed by atoms with Crippen molar-refractivity contribution in [3.8, 4) is 0 Å². The predicted molar refractivity (Wildman–Crippen MR) is 53.3 cm³/mol. The Labute approximate surface area is 95.0 Å². The van der Waals surface area contributed by atoms with Gasteiger partial charge < -0.3 is 4.74 Å². The van der Waals surface area contributed by atoms with Crippen LogP contribution in [0.3, 0.4) is 0 Å². The first-order valence-electron chi connectivity index (χ1n) is 3.24. The van der Waals surface area contributed by atoms with E-state index in [4.69, 9.17) is 51.1 Å². The van der Waals surface area contributed by atoms with Gasteiger partial charge in [0.25, 0.3) is 0 Å². The Morgan fingerprint density at radius 2 is 1.31 bits per heavy atom. The van der Waals surface area contributed by atoms with Gasteiger partial charge in [-0.1, -0.05) is 46.4 Å². The van der Waals surface area contributed by atoms with Crippen molar-refractivity contribution in [3.05, 3.63) is 20.1 Å². The van der Waals surface area contributed by atoms with Gasteiger partial charge in [0.05, 0.1) is 23.3 Å². The van der Waals surface area contributed by atoms with Crippen LogP contribution in [0.4, 0.5) is 0 Å². The summed E-state index contributed by atoms with van der Waals surface area (Å²) in [4.78, 5) is 11.3. The van der Waals surface area contributed by atoms with Gasteiger partial charge in [-0.05, 0) is 0 Å². The average Bonchev–Trinajstić information content (AvgIpc) is 2.12. The summed E-state index contributed by atoms with van der Waals surface area (Å²) in [5.74, 6) is -0.568. The number of hydrogen-bond acceptors (Lipinski definition) is 2. The molecule has 0 aromatic heterocycles. The third kappa shape index (κ3) is 2.61. The van der Waals surface area contributed by atoms with Crippen LogP contribution >= 0.6 is 46.4 Å². The zero-order chi connectivity index (χ0) is 10.0. The molecule has 1 heterocycles. The van der Waals surface area contributed by atoms with Crippen LogP contribution in [0.1, 0.15) is 0 Å². The minimum atomic E-state index is -0.568. The third-order valence-electron chi connectivity index (χ3n) is 1.33. The summed E-state index contributed by atoms with van der Waals surface area (Å²) >= 11 is 22.5. The van der Waals surface area contributed by atoms with Gasteiger partial charge >= 0.3 is 0 Å². The number of ether oxygens (including phenoxy) is 1. The summed E-state index contributed by atoms with van der Waals surface area (Å²) in [6.07, 6.45) is 0. The second-order valence-electron chi connectivity index (χ2n) is 2.26. The summed E-state index contributed by atoms with van der Waals surface area (Å²) in [6.45, 7) is 0.124. The summed E-state index contributed by atoms with van der Waals surface area (Å²) in [5, 5.41) is -0.0306. The number of Topliss-reactive ketones (excluding diaryl/α,β-unsaturated/α-hetero) is 1. The maximum absolute atomic E-state index is 11.3. The summed E-state index contributed by atoms with van der Waals surface area (Å²) < 4.78 is 4.99. The van der Waals surface area contributed by atoms with Gasteiger partial charge in [0.1, 0.15) is 10.1 Å². The molecule has 1 aliphatic rings. The van der Waals surface area contributed by atoms with Gasteiger partial charge in [-0.2, -0.15) is 0 Å². The Bertz CT molecular complexity index is 278. The highest BCUT2D eigenvalue weighted by atomic mass is 35.5. The largest absolute Gasteiger partial charge is 0.370 e. The molecule has 0 bridgehead atoms. The number of carbonyl (C=O) groups excluding carboxylic acids is 1. The minimum absolute atomic E-state index is 0.0620. The molecule has 0 amide bonds. The third-order valence-corrected chi connectivity index (χ3v) is 2.92. The molecule has 0 spiro atoms. The van der Waals surface area contributed by atoms with Crippen LogP contribution in [0.2, 0.25) is 0 Å². The van der Waals surface area contributed by atoms with E-state index < -0.39 is 5.78 Å². The molecule has 0 atom stereocenters. The van der Waals surface area contributed by atoms with Gasteiger partial charge in [-0.15, -0.1) is 0 Å². The van der Waals surface area contributed by atoms with Gasteiger partial charge in [0.15, 0.2) is 0 Å². The molecular weight excluding hydrogens is 258 g/mol. The van der Waals surface area contributed by atoms with Crippen LogP contribution in [0.25, 0.3) is 0 Å². The molecule has 13 heavy (non-hydrogen) atoms. The van der Waals surface area contributed by atoms with Gasteiger partial charge in [0, 0.05) is 0 Å². The molecule has 0 aliphatic carbocycles. The van der Waals surface area contributed by atoms with Crippen LogP contribution in [-0.4, -0.2) is 19.0 Å². The number of carbonyl (C=O) groups is 1. The van der Waals surface area contributed by atoms with E-state index in [1.807, 2.05) is 0 Å². The Hall–Kier alpha value is 0.270. The highest BCUT2D eigenvalue weighted by molar-refractivity contribution is 6.59. The van der Waals surface area contributed by atoms with Crippen molar-refractivity contribution in [2.45, 2.75) is 0 Å². The fourth-order valence-electron chi connectivity index (χ4n) is 0.700. The maximum atomic E-state index is 11.3. The van der Waals surface area contributed by atoms with E-state index in [-0.39, 0.29) is 33.3 Å². The molecule has 0 saturated carbocycles. The summed E-state index contributed by atoms with van der Waals surface area (Å²) in [7, 11) is 0. The highest BCUT2D eigenvalue weighted by Gasteiger charge is 2.21. The monoisotopic (exact) mass is 260 g/mol. The first-order chi connectivity index (χ1) is 6.04. The van der Waals surface area contributed by atoms with Crippen LogP contribution < -0.4 is 0 Å².